The maximum absolute atomic E-state index is 10.9. The Morgan fingerprint density at radius 1 is 1.05 bits per heavy atom. The summed E-state index contributed by atoms with van der Waals surface area (Å²) in [6.07, 6.45) is 2.54. The van der Waals surface area contributed by atoms with Crippen LogP contribution < -0.4 is 5.32 Å². The fourth-order valence-corrected chi connectivity index (χ4v) is 2.20. The molecule has 3 nitrogen and oxygen atoms in total. The van der Waals surface area contributed by atoms with E-state index in [0.717, 1.165) is 17.2 Å². The highest BCUT2D eigenvalue weighted by molar-refractivity contribution is 5.91. The smallest absolute Gasteiger partial charge is 0.153 e. The van der Waals surface area contributed by atoms with Gasteiger partial charge in [-0.25, -0.2) is 4.98 Å². The van der Waals surface area contributed by atoms with Crippen molar-refractivity contribution in [1.29, 1.82) is 0 Å². The zero-order valence-electron chi connectivity index (χ0n) is 12.1. The second kappa shape index (κ2) is 6.22. The fourth-order valence-electron chi connectivity index (χ4n) is 2.20. The predicted octanol–water partition coefficient (Wildman–Crippen LogP) is 4.31. The molecule has 0 fully saturated rings. The van der Waals surface area contributed by atoms with Gasteiger partial charge in [-0.05, 0) is 23.3 Å². The van der Waals surface area contributed by atoms with Crippen molar-refractivity contribution >= 4 is 23.0 Å². The van der Waals surface area contributed by atoms with Crippen molar-refractivity contribution in [2.75, 3.05) is 11.9 Å². The molecule has 0 unspecified atom stereocenters. The van der Waals surface area contributed by atoms with Gasteiger partial charge in [0.1, 0.15) is 5.82 Å². The van der Waals surface area contributed by atoms with Gasteiger partial charge in [0.15, 0.2) is 6.29 Å². The molecule has 0 amide bonds. The van der Waals surface area contributed by atoms with Crippen LogP contribution in [0.5, 0.6) is 0 Å². The monoisotopic (exact) mass is 288 g/mol. The van der Waals surface area contributed by atoms with E-state index >= 15 is 0 Å². The first kappa shape index (κ1) is 14.0. The largest absolute Gasteiger partial charge is 0.366 e. The molecule has 0 radical (unpaired) electrons. The van der Waals surface area contributed by atoms with Gasteiger partial charge in [-0.1, -0.05) is 48.5 Å². The lowest BCUT2D eigenvalue weighted by Gasteiger charge is -2.10. The number of fused-ring (bicyclic) bond motifs is 2. The molecule has 2 aliphatic carbocycles. The number of anilines is 1. The molecule has 1 heterocycles. The summed E-state index contributed by atoms with van der Waals surface area (Å²) in [6.45, 7) is 4.20. The summed E-state index contributed by atoms with van der Waals surface area (Å²) in [4.78, 5) is 15.3. The summed E-state index contributed by atoms with van der Waals surface area (Å²) in [6, 6.07) is 18.0. The molecule has 4 rings (SSSR count). The molecule has 1 N–H and O–H groups in total. The van der Waals surface area contributed by atoms with Crippen molar-refractivity contribution in [1.82, 2.24) is 4.98 Å². The minimum absolute atomic E-state index is 0.570. The Morgan fingerprint density at radius 3 is 2.27 bits per heavy atom. The molecular formula is C19H16N2O. The number of para-hydroxylation sites is 1. The number of benzene rings is 2. The summed E-state index contributed by atoms with van der Waals surface area (Å²) in [5.41, 5.74) is 4.30. The van der Waals surface area contributed by atoms with E-state index in [4.69, 9.17) is 0 Å². The Morgan fingerprint density at radius 2 is 1.73 bits per heavy atom. The number of aromatic nitrogens is 1. The number of aldehydes is 1. The van der Waals surface area contributed by atoms with Crippen molar-refractivity contribution in [3.8, 4) is 11.1 Å². The second-order valence-electron chi connectivity index (χ2n) is 4.98. The van der Waals surface area contributed by atoms with Gasteiger partial charge in [0.25, 0.3) is 0 Å². The molecule has 2 aliphatic rings. The van der Waals surface area contributed by atoms with Gasteiger partial charge in [-0.3, -0.25) is 4.79 Å². The fraction of sp³-hybridized carbons (Fsp3) is 0.0526. The molecule has 0 spiro atoms. The minimum atomic E-state index is 0.570. The lowest BCUT2D eigenvalue weighted by atomic mass is 9.95. The number of nitrogens with one attached hydrogen (secondary N) is 1. The molecule has 0 atom stereocenters. The molecule has 22 heavy (non-hydrogen) atoms. The second-order valence-corrected chi connectivity index (χ2v) is 4.98. The van der Waals surface area contributed by atoms with Crippen LogP contribution >= 0.6 is 0 Å². The molecule has 0 bridgehead atoms. The standard InChI is InChI=1S/C13H12N2O.C6H4/c1-2-7-14-13-11(9-16)8-10-5-3-4-6-12(10)15-13;1-2-6-4-3-5(1)6/h2-6,8-9H,1,7H2,(H,14,15);1-4H. The van der Waals surface area contributed by atoms with Crippen LogP contribution in [0.1, 0.15) is 10.4 Å². The molecular weight excluding hydrogens is 272 g/mol. The van der Waals surface area contributed by atoms with Crippen LogP contribution in [0.2, 0.25) is 0 Å². The first-order valence-electron chi connectivity index (χ1n) is 7.12. The SMILES string of the molecule is C=CCNc1nc2ccccc2cc1C=O.c1cc2ccc1-2. The molecule has 0 aliphatic heterocycles. The number of carbonyl (C=O) groups excluding carboxylic acids is 1. The first-order chi connectivity index (χ1) is 10.8. The van der Waals surface area contributed by atoms with Gasteiger partial charge in [0.05, 0.1) is 11.1 Å². The Hall–Kier alpha value is -2.94. The Bertz CT molecular complexity index is 801. The van der Waals surface area contributed by atoms with Crippen LogP contribution in [-0.4, -0.2) is 17.8 Å². The zero-order valence-corrected chi connectivity index (χ0v) is 12.1. The van der Waals surface area contributed by atoms with E-state index < -0.39 is 0 Å². The molecule has 0 saturated heterocycles. The minimum Gasteiger partial charge on any atom is -0.366 e. The van der Waals surface area contributed by atoms with Crippen LogP contribution in [0.3, 0.4) is 0 Å². The van der Waals surface area contributed by atoms with E-state index in [0.29, 0.717) is 17.9 Å². The van der Waals surface area contributed by atoms with Crippen molar-refractivity contribution < 1.29 is 4.79 Å². The predicted molar refractivity (Wildman–Crippen MR) is 91.3 cm³/mol. The number of nitrogens with zero attached hydrogens (tertiary/aromatic N) is 1. The van der Waals surface area contributed by atoms with Crippen molar-refractivity contribution in [2.45, 2.75) is 0 Å². The topological polar surface area (TPSA) is 42.0 Å². The number of carbonyl (C=O) groups is 1. The summed E-state index contributed by atoms with van der Waals surface area (Å²) < 4.78 is 0. The average Bonchev–Trinajstić information content (AvgIpc) is 2.55. The van der Waals surface area contributed by atoms with Gasteiger partial charge in [0, 0.05) is 11.9 Å². The van der Waals surface area contributed by atoms with Crippen LogP contribution in [0.4, 0.5) is 5.82 Å². The van der Waals surface area contributed by atoms with Crippen LogP contribution in [-0.2, 0) is 0 Å². The van der Waals surface area contributed by atoms with E-state index in [2.05, 4.69) is 41.1 Å². The maximum atomic E-state index is 10.9. The summed E-state index contributed by atoms with van der Waals surface area (Å²) in [5, 5.41) is 4.01. The highest BCUT2D eigenvalue weighted by Gasteiger charge is 2.05. The first-order valence-corrected chi connectivity index (χ1v) is 7.12. The van der Waals surface area contributed by atoms with E-state index in [9.17, 15) is 4.79 Å². The Balaban J connectivity index is 0.000000196. The number of pyridine rings is 1. The lowest BCUT2D eigenvalue weighted by molar-refractivity contribution is 0.112. The highest BCUT2D eigenvalue weighted by atomic mass is 16.1. The number of hydrogen-bond acceptors (Lipinski definition) is 3. The van der Waals surface area contributed by atoms with E-state index in [1.165, 1.54) is 11.1 Å². The van der Waals surface area contributed by atoms with E-state index in [-0.39, 0.29) is 0 Å². The Kier molecular flexibility index (Phi) is 3.97. The average molecular weight is 288 g/mol. The highest BCUT2D eigenvalue weighted by Crippen LogP contribution is 2.29. The van der Waals surface area contributed by atoms with Gasteiger partial charge in [-0.2, -0.15) is 0 Å². The summed E-state index contributed by atoms with van der Waals surface area (Å²) in [5.74, 6) is 0.605. The molecule has 1 aromatic carbocycles. The molecule has 1 aromatic heterocycles. The van der Waals surface area contributed by atoms with Gasteiger partial charge in [-0.15, -0.1) is 6.58 Å². The van der Waals surface area contributed by atoms with E-state index in [1.54, 1.807) is 6.08 Å². The molecule has 2 aromatic rings. The Labute approximate surface area is 129 Å². The molecule has 0 saturated carbocycles. The summed E-state index contributed by atoms with van der Waals surface area (Å²) >= 11 is 0. The quantitative estimate of drug-likeness (QED) is 0.449. The van der Waals surface area contributed by atoms with Crippen LogP contribution in [0.25, 0.3) is 22.0 Å². The van der Waals surface area contributed by atoms with Crippen molar-refractivity contribution in [3.05, 3.63) is 72.8 Å². The third-order valence-corrected chi connectivity index (χ3v) is 3.51. The van der Waals surface area contributed by atoms with Gasteiger partial charge in [0.2, 0.25) is 0 Å². The molecule has 3 heteroatoms. The third-order valence-electron chi connectivity index (χ3n) is 3.51. The van der Waals surface area contributed by atoms with Crippen LogP contribution in [0, 0.1) is 0 Å². The normalized spacial score (nSPS) is 10.4. The van der Waals surface area contributed by atoms with Crippen molar-refractivity contribution in [3.63, 3.8) is 0 Å². The molecule has 108 valence electrons. The van der Waals surface area contributed by atoms with Gasteiger partial charge < -0.3 is 5.32 Å². The van der Waals surface area contributed by atoms with Crippen molar-refractivity contribution in [2.24, 2.45) is 0 Å². The lowest BCUT2D eigenvalue weighted by Crippen LogP contribution is -2.03. The van der Waals surface area contributed by atoms with Gasteiger partial charge >= 0.3 is 0 Å². The van der Waals surface area contributed by atoms with Crippen LogP contribution in [0.15, 0.2) is 67.3 Å². The zero-order chi connectivity index (χ0) is 15.4. The van der Waals surface area contributed by atoms with E-state index in [1.807, 2.05) is 30.3 Å². The maximum Gasteiger partial charge on any atom is 0.153 e. The number of rotatable bonds is 4. The summed E-state index contributed by atoms with van der Waals surface area (Å²) in [7, 11) is 0. The number of hydrogen-bond donors (Lipinski definition) is 1. The third kappa shape index (κ3) is 2.74.